The fraction of sp³-hybridized carbons (Fsp3) is 0.500. The molecular formula is C18H24N2O4. The molecule has 0 aliphatic carbocycles. The number of methoxy groups -OCH3 is 1. The third-order valence-corrected chi connectivity index (χ3v) is 4.28. The van der Waals surface area contributed by atoms with Crippen LogP contribution in [0.15, 0.2) is 30.3 Å². The molecular weight excluding hydrogens is 308 g/mol. The lowest BCUT2D eigenvalue weighted by atomic mass is 9.96. The average Bonchev–Trinajstić information content (AvgIpc) is 2.61. The maximum Gasteiger partial charge on any atom is 0.308 e. The number of ether oxygens (including phenoxy) is 1. The Kier molecular flexibility index (Phi) is 6.35. The molecule has 0 bridgehead atoms. The molecule has 1 aromatic rings. The van der Waals surface area contributed by atoms with Crippen molar-refractivity contribution in [2.75, 3.05) is 20.2 Å². The minimum absolute atomic E-state index is 0.000762. The molecule has 1 atom stereocenters. The van der Waals surface area contributed by atoms with Crippen LogP contribution in [0.3, 0.4) is 0 Å². The number of nitrogens with zero attached hydrogens (tertiary/aromatic N) is 1. The van der Waals surface area contributed by atoms with Crippen LogP contribution in [0.1, 0.15) is 36.5 Å². The first-order valence-corrected chi connectivity index (χ1v) is 8.22. The van der Waals surface area contributed by atoms with Crippen LogP contribution in [-0.2, 0) is 14.3 Å². The summed E-state index contributed by atoms with van der Waals surface area (Å²) in [6, 6.07) is 8.68. The van der Waals surface area contributed by atoms with Crippen LogP contribution < -0.4 is 5.32 Å². The highest BCUT2D eigenvalue weighted by molar-refractivity contribution is 5.94. The van der Waals surface area contributed by atoms with Crippen molar-refractivity contribution in [3.63, 3.8) is 0 Å². The summed E-state index contributed by atoms with van der Waals surface area (Å²) < 4.78 is 4.75. The second-order valence-corrected chi connectivity index (χ2v) is 6.12. The van der Waals surface area contributed by atoms with Crippen LogP contribution in [0.25, 0.3) is 0 Å². The van der Waals surface area contributed by atoms with E-state index in [0.29, 0.717) is 31.5 Å². The minimum Gasteiger partial charge on any atom is -0.469 e. The molecule has 0 spiro atoms. The molecule has 0 saturated carbocycles. The summed E-state index contributed by atoms with van der Waals surface area (Å²) in [5.74, 6) is -0.501. The molecule has 1 unspecified atom stereocenters. The molecule has 1 heterocycles. The van der Waals surface area contributed by atoms with E-state index in [1.165, 1.54) is 7.11 Å². The smallest absolute Gasteiger partial charge is 0.308 e. The molecule has 2 rings (SSSR count). The zero-order valence-electron chi connectivity index (χ0n) is 14.2. The summed E-state index contributed by atoms with van der Waals surface area (Å²) in [6.45, 7) is 2.93. The molecule has 130 valence electrons. The van der Waals surface area contributed by atoms with Gasteiger partial charge in [0, 0.05) is 31.1 Å². The number of hydrogen-bond acceptors (Lipinski definition) is 4. The molecule has 1 aliphatic rings. The largest absolute Gasteiger partial charge is 0.469 e. The van der Waals surface area contributed by atoms with Crippen LogP contribution in [-0.4, -0.2) is 48.9 Å². The van der Waals surface area contributed by atoms with Gasteiger partial charge in [0.2, 0.25) is 5.91 Å². The molecule has 0 aromatic heterocycles. The summed E-state index contributed by atoms with van der Waals surface area (Å²) in [5, 5.41) is 2.84. The monoisotopic (exact) mass is 332 g/mol. The third-order valence-electron chi connectivity index (χ3n) is 4.28. The average molecular weight is 332 g/mol. The van der Waals surface area contributed by atoms with Crippen molar-refractivity contribution in [3.05, 3.63) is 35.9 Å². The first-order valence-electron chi connectivity index (χ1n) is 8.22. The van der Waals surface area contributed by atoms with Crippen molar-refractivity contribution in [1.82, 2.24) is 10.2 Å². The maximum atomic E-state index is 12.3. The van der Waals surface area contributed by atoms with Crippen LogP contribution >= 0.6 is 0 Å². The highest BCUT2D eigenvalue weighted by atomic mass is 16.5. The van der Waals surface area contributed by atoms with E-state index in [1.807, 2.05) is 13.0 Å². The number of likely N-dealkylation sites (tertiary alicyclic amines) is 1. The van der Waals surface area contributed by atoms with Crippen molar-refractivity contribution < 1.29 is 19.1 Å². The zero-order valence-corrected chi connectivity index (χ0v) is 14.2. The van der Waals surface area contributed by atoms with Gasteiger partial charge in [-0.05, 0) is 31.9 Å². The van der Waals surface area contributed by atoms with Gasteiger partial charge in [-0.15, -0.1) is 0 Å². The fourth-order valence-corrected chi connectivity index (χ4v) is 2.87. The van der Waals surface area contributed by atoms with E-state index in [0.717, 1.165) is 0 Å². The Hall–Kier alpha value is -2.37. The van der Waals surface area contributed by atoms with E-state index >= 15 is 0 Å². The lowest BCUT2D eigenvalue weighted by molar-refractivity contribution is -0.149. The molecule has 0 radical (unpaired) electrons. The number of piperidine rings is 1. The van der Waals surface area contributed by atoms with Gasteiger partial charge in [-0.1, -0.05) is 18.2 Å². The van der Waals surface area contributed by atoms with Crippen molar-refractivity contribution in [2.45, 2.75) is 32.2 Å². The Morgan fingerprint density at radius 2 is 1.83 bits per heavy atom. The van der Waals surface area contributed by atoms with Gasteiger partial charge in [-0.3, -0.25) is 14.4 Å². The Morgan fingerprint density at radius 1 is 1.21 bits per heavy atom. The molecule has 6 nitrogen and oxygen atoms in total. The second-order valence-electron chi connectivity index (χ2n) is 6.12. The normalized spacial score (nSPS) is 16.3. The summed E-state index contributed by atoms with van der Waals surface area (Å²) >= 11 is 0. The van der Waals surface area contributed by atoms with Gasteiger partial charge in [-0.25, -0.2) is 0 Å². The first-order chi connectivity index (χ1) is 11.5. The Bertz CT molecular complexity index is 580. The van der Waals surface area contributed by atoms with Crippen LogP contribution in [0.5, 0.6) is 0 Å². The predicted molar refractivity (Wildman–Crippen MR) is 89.3 cm³/mol. The molecule has 2 amide bonds. The predicted octanol–water partition coefficient (Wildman–Crippen LogP) is 1.61. The Morgan fingerprint density at radius 3 is 2.42 bits per heavy atom. The standard InChI is InChI=1S/C18H24N2O4/c1-13(19-17(22)14-6-4-3-5-7-14)12-16(21)20-10-8-15(9-11-20)18(23)24-2/h3-7,13,15H,8-12H2,1-2H3,(H,19,22). The topological polar surface area (TPSA) is 75.7 Å². The number of amides is 2. The van der Waals surface area contributed by atoms with Gasteiger partial charge < -0.3 is 15.0 Å². The molecule has 1 fully saturated rings. The highest BCUT2D eigenvalue weighted by Gasteiger charge is 2.28. The van der Waals surface area contributed by atoms with Gasteiger partial charge >= 0.3 is 5.97 Å². The Labute approximate surface area is 142 Å². The van der Waals surface area contributed by atoms with Crippen molar-refractivity contribution in [3.8, 4) is 0 Å². The SMILES string of the molecule is COC(=O)C1CCN(C(=O)CC(C)NC(=O)c2ccccc2)CC1. The molecule has 24 heavy (non-hydrogen) atoms. The summed E-state index contributed by atoms with van der Waals surface area (Å²) in [4.78, 5) is 37.7. The van der Waals surface area contributed by atoms with E-state index in [1.54, 1.807) is 29.2 Å². The molecule has 1 aliphatic heterocycles. The third kappa shape index (κ3) is 4.81. The van der Waals surface area contributed by atoms with Gasteiger partial charge in [0.25, 0.3) is 5.91 Å². The van der Waals surface area contributed by atoms with Crippen molar-refractivity contribution in [1.29, 1.82) is 0 Å². The number of nitrogens with one attached hydrogen (secondary N) is 1. The molecule has 1 saturated heterocycles. The minimum atomic E-state index is -0.247. The zero-order chi connectivity index (χ0) is 17.5. The number of carbonyl (C=O) groups excluding carboxylic acids is 3. The van der Waals surface area contributed by atoms with Gasteiger partial charge in [0.1, 0.15) is 0 Å². The second kappa shape index (κ2) is 8.47. The van der Waals surface area contributed by atoms with Crippen LogP contribution in [0.2, 0.25) is 0 Å². The van der Waals surface area contributed by atoms with E-state index in [9.17, 15) is 14.4 Å². The van der Waals surface area contributed by atoms with E-state index < -0.39 is 0 Å². The van der Waals surface area contributed by atoms with E-state index in [2.05, 4.69) is 5.32 Å². The number of rotatable bonds is 5. The van der Waals surface area contributed by atoms with Gasteiger partial charge in [-0.2, -0.15) is 0 Å². The van der Waals surface area contributed by atoms with Crippen LogP contribution in [0.4, 0.5) is 0 Å². The summed E-state index contributed by atoms with van der Waals surface area (Å²) in [5.41, 5.74) is 0.579. The summed E-state index contributed by atoms with van der Waals surface area (Å²) in [6.07, 6.45) is 1.51. The summed E-state index contributed by atoms with van der Waals surface area (Å²) in [7, 11) is 1.39. The van der Waals surface area contributed by atoms with Crippen LogP contribution in [0, 0.1) is 5.92 Å². The highest BCUT2D eigenvalue weighted by Crippen LogP contribution is 2.19. The van der Waals surface area contributed by atoms with Crippen molar-refractivity contribution in [2.24, 2.45) is 5.92 Å². The number of carbonyl (C=O) groups is 3. The number of benzene rings is 1. The van der Waals surface area contributed by atoms with E-state index in [-0.39, 0.29) is 36.2 Å². The number of hydrogen-bond donors (Lipinski definition) is 1. The quantitative estimate of drug-likeness (QED) is 0.831. The maximum absolute atomic E-state index is 12.3. The Balaban J connectivity index is 1.78. The lowest BCUT2D eigenvalue weighted by Gasteiger charge is -2.31. The van der Waals surface area contributed by atoms with E-state index in [4.69, 9.17) is 4.74 Å². The fourth-order valence-electron chi connectivity index (χ4n) is 2.87. The first kappa shape index (κ1) is 18.0. The molecule has 1 aromatic carbocycles. The molecule has 1 N–H and O–H groups in total. The van der Waals surface area contributed by atoms with Crippen molar-refractivity contribution >= 4 is 17.8 Å². The number of esters is 1. The molecule has 6 heteroatoms. The van der Waals surface area contributed by atoms with Gasteiger partial charge in [0.15, 0.2) is 0 Å². The lowest BCUT2D eigenvalue weighted by Crippen LogP contribution is -2.43. The van der Waals surface area contributed by atoms with Gasteiger partial charge in [0.05, 0.1) is 13.0 Å².